The predicted molar refractivity (Wildman–Crippen MR) is 132 cm³/mol. The van der Waals surface area contributed by atoms with Crippen molar-refractivity contribution in [1.82, 2.24) is 29.9 Å². The van der Waals surface area contributed by atoms with Crippen LogP contribution in [0.1, 0.15) is 50.2 Å². The number of hydrogen-bond donors (Lipinski definition) is 0. The van der Waals surface area contributed by atoms with Crippen LogP contribution in [-0.4, -0.2) is 19.9 Å². The van der Waals surface area contributed by atoms with Crippen LogP contribution in [0.4, 0.5) is 0 Å². The first-order valence-corrected chi connectivity index (χ1v) is 11.3. The van der Waals surface area contributed by atoms with E-state index >= 15 is 0 Å². The Hall–Kier alpha value is -3.44. The molecule has 0 atom stereocenters. The van der Waals surface area contributed by atoms with Gasteiger partial charge in [-0.05, 0) is 47.0 Å². The summed E-state index contributed by atoms with van der Waals surface area (Å²) in [6.45, 7) is 8.69. The third-order valence-electron chi connectivity index (χ3n) is 6.45. The first-order chi connectivity index (χ1) is 16.4. The molecule has 0 radical (unpaired) electrons. The number of pyridine rings is 2. The summed E-state index contributed by atoms with van der Waals surface area (Å²) >= 11 is 0. The summed E-state index contributed by atoms with van der Waals surface area (Å²) in [5.74, 6) is 1.29. The largest absolute Gasteiger partial charge is 2.00 e. The average molecular weight is 512 g/mol. The van der Waals surface area contributed by atoms with Crippen LogP contribution in [0.25, 0.3) is 23.0 Å². The molecule has 0 spiro atoms. The van der Waals surface area contributed by atoms with E-state index in [1.165, 1.54) is 0 Å². The Bertz CT molecular complexity index is 1300. The molecule has 1 aromatic carbocycles. The van der Waals surface area contributed by atoms with Crippen LogP contribution < -0.4 is 9.97 Å². The van der Waals surface area contributed by atoms with Gasteiger partial charge in [-0.3, -0.25) is 9.97 Å². The Morgan fingerprint density at radius 2 is 1.03 bits per heavy atom. The van der Waals surface area contributed by atoms with E-state index in [0.717, 1.165) is 33.9 Å². The summed E-state index contributed by atoms with van der Waals surface area (Å²) < 4.78 is 0. The minimum atomic E-state index is -0.330. The molecule has 0 aliphatic rings. The van der Waals surface area contributed by atoms with E-state index in [-0.39, 0.29) is 30.3 Å². The zero-order chi connectivity index (χ0) is 23.8. The van der Waals surface area contributed by atoms with E-state index in [0.29, 0.717) is 11.6 Å². The van der Waals surface area contributed by atoms with Crippen molar-refractivity contribution in [2.45, 2.75) is 38.5 Å². The molecule has 0 saturated carbocycles. The van der Waals surface area contributed by atoms with Gasteiger partial charge in [-0.2, -0.15) is 0 Å². The van der Waals surface area contributed by atoms with Crippen molar-refractivity contribution >= 4 is 0 Å². The minimum Gasteiger partial charge on any atom is -0.441 e. The third-order valence-corrected chi connectivity index (χ3v) is 6.45. The van der Waals surface area contributed by atoms with Gasteiger partial charge in [-0.1, -0.05) is 87.9 Å². The Balaban J connectivity index is 0.00000289. The maximum absolute atomic E-state index is 4.81. The molecule has 35 heavy (non-hydrogen) atoms. The molecule has 4 heterocycles. The Morgan fingerprint density at radius 1 is 0.571 bits per heavy atom. The molecule has 5 rings (SSSR count). The zero-order valence-corrected chi connectivity index (χ0v) is 23.4. The van der Waals surface area contributed by atoms with Crippen molar-refractivity contribution < 1.29 is 19.5 Å². The van der Waals surface area contributed by atoms with E-state index in [4.69, 9.17) is 9.97 Å². The molecule has 7 heteroatoms. The fourth-order valence-electron chi connectivity index (χ4n) is 4.02. The monoisotopic (exact) mass is 510 g/mol. The summed E-state index contributed by atoms with van der Waals surface area (Å²) in [6.07, 6.45) is 7.22. The quantitative estimate of drug-likeness (QED) is 0.293. The first kappa shape index (κ1) is 24.7. The molecule has 170 valence electrons. The number of benzene rings is 1. The van der Waals surface area contributed by atoms with Gasteiger partial charge >= 0.3 is 19.5 Å². The Morgan fingerprint density at radius 3 is 1.43 bits per heavy atom. The second-order valence-corrected chi connectivity index (χ2v) is 9.42. The SMILES string of the molecule is CC(C)(c1cccc(C(C)(C)c2cnc(-c3ccccn3)[n-]2)c1)c1cnc(-c2ccccn2)[n-]1.[Zn+2]. The summed E-state index contributed by atoms with van der Waals surface area (Å²) in [7, 11) is 0. The molecule has 5 aromatic rings. The minimum absolute atomic E-state index is 0. The van der Waals surface area contributed by atoms with E-state index < -0.39 is 0 Å². The second-order valence-electron chi connectivity index (χ2n) is 9.42. The summed E-state index contributed by atoms with van der Waals surface area (Å²) in [4.78, 5) is 27.4. The van der Waals surface area contributed by atoms with Crippen LogP contribution in [0.5, 0.6) is 0 Å². The molecule has 0 unspecified atom stereocenters. The average Bonchev–Trinajstić information content (AvgIpc) is 3.57. The second kappa shape index (κ2) is 9.67. The van der Waals surface area contributed by atoms with Gasteiger partial charge in [0.1, 0.15) is 0 Å². The summed E-state index contributed by atoms with van der Waals surface area (Å²) in [5, 5.41) is 0. The predicted octanol–water partition coefficient (Wildman–Crippen LogP) is 5.16. The van der Waals surface area contributed by atoms with Crippen molar-refractivity contribution in [3.8, 4) is 23.0 Å². The number of aromatic nitrogens is 6. The van der Waals surface area contributed by atoms with E-state index in [1.54, 1.807) is 12.4 Å². The number of nitrogens with zero attached hydrogens (tertiary/aromatic N) is 6. The van der Waals surface area contributed by atoms with Crippen LogP contribution in [-0.2, 0) is 30.3 Å². The maximum Gasteiger partial charge on any atom is 2.00 e. The number of hydrogen-bond acceptors (Lipinski definition) is 4. The molecule has 0 aliphatic heterocycles. The molecule has 0 bridgehead atoms. The third kappa shape index (κ3) is 4.74. The van der Waals surface area contributed by atoms with Crippen molar-refractivity contribution in [3.63, 3.8) is 0 Å². The van der Waals surface area contributed by atoms with Gasteiger partial charge in [0.2, 0.25) is 0 Å². The summed E-state index contributed by atoms with van der Waals surface area (Å²) in [5.41, 5.74) is 5.04. The molecule has 6 nitrogen and oxygen atoms in total. The molecule has 4 aromatic heterocycles. The summed E-state index contributed by atoms with van der Waals surface area (Å²) in [6, 6.07) is 20.1. The van der Waals surface area contributed by atoms with Gasteiger partial charge in [-0.25, -0.2) is 0 Å². The van der Waals surface area contributed by atoms with Crippen LogP contribution in [0.3, 0.4) is 0 Å². The van der Waals surface area contributed by atoms with Crippen LogP contribution >= 0.6 is 0 Å². The van der Waals surface area contributed by atoms with E-state index in [9.17, 15) is 0 Å². The van der Waals surface area contributed by atoms with Crippen LogP contribution in [0.15, 0.2) is 85.5 Å². The van der Waals surface area contributed by atoms with Gasteiger partial charge in [0.15, 0.2) is 0 Å². The van der Waals surface area contributed by atoms with Crippen LogP contribution in [0, 0.1) is 0 Å². The topological polar surface area (TPSA) is 79.8 Å². The van der Waals surface area contributed by atoms with Gasteiger partial charge in [0.25, 0.3) is 0 Å². The van der Waals surface area contributed by atoms with Crippen molar-refractivity contribution in [1.29, 1.82) is 0 Å². The van der Waals surface area contributed by atoms with E-state index in [2.05, 4.69) is 71.9 Å². The van der Waals surface area contributed by atoms with Crippen molar-refractivity contribution in [2.24, 2.45) is 0 Å². The fraction of sp³-hybridized carbons (Fsp3) is 0.214. The Labute approximate surface area is 218 Å². The van der Waals surface area contributed by atoms with Crippen LogP contribution in [0.2, 0.25) is 0 Å². The number of imidazole rings is 2. The molecular formula is C28H26N6Zn. The standard InChI is InChI=1S/C28H26N6.Zn/c1-27(2,23-17-31-25(33-23)21-12-5-7-14-29-21)19-10-9-11-20(16-19)28(3,4)24-18-32-26(34-24)22-13-6-8-15-30-22;/h5-18H,1-4H3;/q-2;+2. The normalized spacial score (nSPS) is 11.8. The molecule has 0 amide bonds. The molecule has 0 saturated heterocycles. The van der Waals surface area contributed by atoms with Crippen molar-refractivity contribution in [3.05, 3.63) is 108 Å². The Kier molecular flexibility index (Phi) is 6.82. The molecule has 0 aliphatic carbocycles. The zero-order valence-electron chi connectivity index (χ0n) is 20.5. The van der Waals surface area contributed by atoms with Gasteiger partial charge < -0.3 is 19.9 Å². The molecule has 0 fully saturated rings. The fourth-order valence-corrected chi connectivity index (χ4v) is 4.02. The molecular weight excluding hydrogens is 486 g/mol. The molecule has 0 N–H and O–H groups in total. The first-order valence-electron chi connectivity index (χ1n) is 11.3. The number of rotatable bonds is 6. The van der Waals surface area contributed by atoms with Gasteiger partial charge in [0.05, 0.1) is 11.4 Å². The van der Waals surface area contributed by atoms with Crippen molar-refractivity contribution in [2.75, 3.05) is 0 Å². The van der Waals surface area contributed by atoms with E-state index in [1.807, 2.05) is 48.8 Å². The van der Waals surface area contributed by atoms with Gasteiger partial charge in [-0.15, -0.1) is 0 Å². The maximum atomic E-state index is 4.81. The smallest absolute Gasteiger partial charge is 0.441 e. The van der Waals surface area contributed by atoms with Gasteiger partial charge in [0, 0.05) is 23.2 Å².